The van der Waals surface area contributed by atoms with Crippen molar-refractivity contribution >= 4 is 0 Å². The van der Waals surface area contributed by atoms with Crippen molar-refractivity contribution in [3.05, 3.63) is 0 Å². The molecule has 1 fully saturated rings. The Morgan fingerprint density at radius 1 is 1.75 bits per heavy atom. The van der Waals surface area contributed by atoms with Gasteiger partial charge in [-0.15, -0.1) is 0 Å². The van der Waals surface area contributed by atoms with E-state index in [4.69, 9.17) is 10.6 Å². The van der Waals surface area contributed by atoms with Gasteiger partial charge in [-0.2, -0.15) is 5.48 Å². The van der Waals surface area contributed by atoms with E-state index >= 15 is 0 Å². The van der Waals surface area contributed by atoms with Gasteiger partial charge in [-0.05, 0) is 0 Å². The Hall–Kier alpha value is -0.160. The smallest absolute Gasteiger partial charge is 0.163 e. The number of hydrogen-bond donors (Lipinski definition) is 3. The quantitative estimate of drug-likeness (QED) is 0.306. The zero-order valence-corrected chi connectivity index (χ0v) is 4.68. The molecule has 0 aliphatic carbocycles. The highest BCUT2D eigenvalue weighted by Crippen LogP contribution is 1.94. The number of hydroxylamine groups is 1. The highest BCUT2D eigenvalue weighted by Gasteiger charge is 2.20. The maximum absolute atomic E-state index is 5.21. The first-order valence-electron chi connectivity index (χ1n) is 2.75. The van der Waals surface area contributed by atoms with E-state index in [0.717, 1.165) is 13.1 Å². The summed E-state index contributed by atoms with van der Waals surface area (Å²) in [5.74, 6) is 0. The second-order valence-corrected chi connectivity index (χ2v) is 1.72. The van der Waals surface area contributed by atoms with Gasteiger partial charge in [0.15, 0.2) is 6.23 Å². The van der Waals surface area contributed by atoms with Crippen LogP contribution in [-0.2, 0) is 4.84 Å². The summed E-state index contributed by atoms with van der Waals surface area (Å²) in [4.78, 5) is 4.70. The molecule has 1 unspecified atom stereocenters. The number of nitrogens with two attached hydrogens (primary N) is 1. The molecule has 0 radical (unpaired) electrons. The topological polar surface area (TPSA) is 72.5 Å². The van der Waals surface area contributed by atoms with Gasteiger partial charge in [-0.1, -0.05) is 0 Å². The van der Waals surface area contributed by atoms with E-state index in [9.17, 15) is 0 Å². The highest BCUT2D eigenvalue weighted by atomic mass is 16.8. The molecule has 8 heavy (non-hydrogen) atoms. The first kappa shape index (κ1) is 5.97. The molecular formula is C4H11N3O. The molecule has 0 bridgehead atoms. The maximum Gasteiger partial charge on any atom is 0.163 e. The molecule has 0 spiro atoms. The Balaban J connectivity index is 1.74. The molecule has 0 aromatic rings. The largest absolute Gasteiger partial charge is 0.329 e. The Labute approximate surface area is 48.3 Å². The van der Waals surface area contributed by atoms with Crippen LogP contribution < -0.4 is 16.5 Å². The minimum Gasteiger partial charge on any atom is -0.329 e. The predicted molar refractivity (Wildman–Crippen MR) is 29.9 cm³/mol. The van der Waals surface area contributed by atoms with Crippen molar-refractivity contribution in [1.82, 2.24) is 10.8 Å². The van der Waals surface area contributed by atoms with Crippen LogP contribution in [0.25, 0.3) is 0 Å². The fraction of sp³-hybridized carbons (Fsp3) is 1.00. The van der Waals surface area contributed by atoms with E-state index in [-0.39, 0.29) is 6.23 Å². The number of rotatable bonds is 4. The summed E-state index contributed by atoms with van der Waals surface area (Å²) in [5.41, 5.74) is 7.90. The molecule has 1 heterocycles. The third kappa shape index (κ3) is 2.23. The van der Waals surface area contributed by atoms with Gasteiger partial charge in [0.25, 0.3) is 0 Å². The zero-order valence-electron chi connectivity index (χ0n) is 4.68. The van der Waals surface area contributed by atoms with Crippen LogP contribution in [0.15, 0.2) is 0 Å². The van der Waals surface area contributed by atoms with Crippen LogP contribution in [0.4, 0.5) is 0 Å². The van der Waals surface area contributed by atoms with Crippen molar-refractivity contribution in [3.63, 3.8) is 0 Å². The fourth-order valence-corrected chi connectivity index (χ4v) is 0.467. The molecule has 1 aliphatic heterocycles. The van der Waals surface area contributed by atoms with E-state index in [0.29, 0.717) is 6.54 Å². The van der Waals surface area contributed by atoms with Gasteiger partial charge in [-0.3, -0.25) is 4.84 Å². The molecule has 0 aromatic heterocycles. The van der Waals surface area contributed by atoms with E-state index in [1.807, 2.05) is 0 Å². The van der Waals surface area contributed by atoms with Gasteiger partial charge in [0, 0.05) is 19.6 Å². The van der Waals surface area contributed by atoms with E-state index in [1.54, 1.807) is 0 Å². The van der Waals surface area contributed by atoms with Crippen LogP contribution in [0.3, 0.4) is 0 Å². The second-order valence-electron chi connectivity index (χ2n) is 1.72. The van der Waals surface area contributed by atoms with Gasteiger partial charge in [-0.25, -0.2) is 0 Å². The van der Waals surface area contributed by atoms with Crippen molar-refractivity contribution in [3.8, 4) is 0 Å². The first-order chi connectivity index (χ1) is 3.93. The SMILES string of the molecule is NCCNCC1NO1. The molecule has 0 aromatic carbocycles. The van der Waals surface area contributed by atoms with Crippen LogP contribution in [0.2, 0.25) is 0 Å². The average Bonchev–Trinajstić information content (AvgIpc) is 2.51. The summed E-state index contributed by atoms with van der Waals surface area (Å²) < 4.78 is 0. The van der Waals surface area contributed by atoms with Crippen molar-refractivity contribution in [2.45, 2.75) is 6.23 Å². The lowest BCUT2D eigenvalue weighted by molar-refractivity contribution is 0.364. The van der Waals surface area contributed by atoms with Crippen LogP contribution in [0.1, 0.15) is 0 Å². The van der Waals surface area contributed by atoms with Crippen molar-refractivity contribution in [2.75, 3.05) is 19.6 Å². The minimum absolute atomic E-state index is 0.238. The zero-order chi connectivity index (χ0) is 5.82. The molecule has 1 rings (SSSR count). The lowest BCUT2D eigenvalue weighted by Crippen LogP contribution is -2.26. The molecule has 0 saturated carbocycles. The van der Waals surface area contributed by atoms with Crippen LogP contribution in [-0.4, -0.2) is 25.9 Å². The van der Waals surface area contributed by atoms with Crippen LogP contribution in [0.5, 0.6) is 0 Å². The Bertz CT molecular complexity index is 64.3. The molecule has 0 amide bonds. The third-order valence-corrected chi connectivity index (χ3v) is 0.935. The number of hydrogen-bond acceptors (Lipinski definition) is 4. The monoisotopic (exact) mass is 117 g/mol. The summed E-state index contributed by atoms with van der Waals surface area (Å²) in [6.07, 6.45) is 0.238. The van der Waals surface area contributed by atoms with Crippen LogP contribution >= 0.6 is 0 Å². The van der Waals surface area contributed by atoms with Crippen molar-refractivity contribution in [1.29, 1.82) is 0 Å². The maximum atomic E-state index is 5.21. The fourth-order valence-electron chi connectivity index (χ4n) is 0.467. The second kappa shape index (κ2) is 2.99. The van der Waals surface area contributed by atoms with Gasteiger partial charge in [0.05, 0.1) is 0 Å². The first-order valence-corrected chi connectivity index (χ1v) is 2.75. The molecule has 1 aliphatic rings. The van der Waals surface area contributed by atoms with Crippen molar-refractivity contribution in [2.24, 2.45) is 5.73 Å². The lowest BCUT2D eigenvalue weighted by atomic mass is 10.5. The molecule has 4 N–H and O–H groups in total. The summed E-state index contributed by atoms with van der Waals surface area (Å²) in [6, 6.07) is 0. The summed E-state index contributed by atoms with van der Waals surface area (Å²) in [7, 11) is 0. The van der Waals surface area contributed by atoms with Crippen LogP contribution in [0, 0.1) is 0 Å². The van der Waals surface area contributed by atoms with Gasteiger partial charge in [0.1, 0.15) is 0 Å². The molecule has 48 valence electrons. The third-order valence-electron chi connectivity index (χ3n) is 0.935. The van der Waals surface area contributed by atoms with Gasteiger partial charge >= 0.3 is 0 Å². The van der Waals surface area contributed by atoms with E-state index in [2.05, 4.69) is 10.8 Å². The summed E-state index contributed by atoms with van der Waals surface area (Å²) in [5, 5.41) is 3.08. The molecular weight excluding hydrogens is 106 g/mol. The van der Waals surface area contributed by atoms with E-state index < -0.39 is 0 Å². The Morgan fingerprint density at radius 3 is 3.00 bits per heavy atom. The summed E-state index contributed by atoms with van der Waals surface area (Å²) in [6.45, 7) is 2.41. The predicted octanol–water partition coefficient (Wildman–Crippen LogP) is -1.60. The lowest BCUT2D eigenvalue weighted by Gasteiger charge is -1.94. The van der Waals surface area contributed by atoms with Gasteiger partial charge in [0.2, 0.25) is 0 Å². The highest BCUT2D eigenvalue weighted by molar-refractivity contribution is 4.61. The molecule has 1 saturated heterocycles. The Kier molecular flexibility index (Phi) is 2.23. The molecule has 4 nitrogen and oxygen atoms in total. The molecule has 4 heteroatoms. The van der Waals surface area contributed by atoms with Crippen molar-refractivity contribution < 1.29 is 4.84 Å². The molecule has 1 atom stereocenters. The summed E-state index contributed by atoms with van der Waals surface area (Å²) >= 11 is 0. The van der Waals surface area contributed by atoms with E-state index in [1.165, 1.54) is 0 Å². The van der Waals surface area contributed by atoms with Gasteiger partial charge < -0.3 is 11.1 Å². The standard InChI is InChI=1S/C4H11N3O/c5-1-2-6-3-4-7-8-4/h4,6-7H,1-3,5H2. The number of nitrogens with one attached hydrogen (secondary N) is 2. The normalized spacial score (nSPS) is 25.9. The Morgan fingerprint density at radius 2 is 2.50 bits per heavy atom. The average molecular weight is 117 g/mol. The minimum atomic E-state index is 0.238.